The zero-order chi connectivity index (χ0) is 74.7. The molecule has 1 fully saturated rings. The molecule has 0 saturated carbocycles. The van der Waals surface area contributed by atoms with Gasteiger partial charge in [-0.15, -0.1) is 5.10 Å². The fraction of sp³-hybridized carbons (Fsp3) is 0.701. The number of rotatable bonds is 39. The lowest BCUT2D eigenvalue weighted by Crippen LogP contribution is -2.61. The number of nitrogens with zero attached hydrogens (tertiary/aromatic N) is 3. The molecule has 11 amide bonds. The molecule has 568 valence electrons. The number of hydrogen-bond acceptors (Lipinski definition) is 21. The number of aliphatic carboxylic acids is 1. The lowest BCUT2D eigenvalue weighted by atomic mass is 10.00. The molecule has 0 aliphatic carbocycles. The normalized spacial score (nSPS) is 22.6. The van der Waals surface area contributed by atoms with Gasteiger partial charge in [0.05, 0.1) is 5.69 Å². The summed E-state index contributed by atoms with van der Waals surface area (Å²) in [6.45, 7) is 5.13. The van der Waals surface area contributed by atoms with Crippen LogP contribution in [0, 0.1) is 5.92 Å². The molecular formula is C67H117N21O13. The molecule has 2 aromatic rings. The summed E-state index contributed by atoms with van der Waals surface area (Å²) in [6, 6.07) is -6.54. The number of carbonyl (C=O) groups excluding carboxylic acids is 11. The number of carbonyl (C=O) groups is 12. The summed E-state index contributed by atoms with van der Waals surface area (Å²) in [5.41, 5.74) is 47.5. The third kappa shape index (κ3) is 34.3. The second kappa shape index (κ2) is 49.3. The first-order chi connectivity index (χ1) is 48.4. The van der Waals surface area contributed by atoms with Gasteiger partial charge >= 0.3 is 5.97 Å². The molecule has 1 aliphatic rings. The van der Waals surface area contributed by atoms with Crippen LogP contribution in [0.1, 0.15) is 179 Å². The van der Waals surface area contributed by atoms with E-state index in [1.165, 1.54) is 10.9 Å². The van der Waals surface area contributed by atoms with Crippen molar-refractivity contribution in [2.75, 3.05) is 39.3 Å². The minimum Gasteiger partial charge on any atom is -0.480 e. The lowest BCUT2D eigenvalue weighted by molar-refractivity contribution is -0.138. The van der Waals surface area contributed by atoms with Crippen molar-refractivity contribution in [1.82, 2.24) is 68.2 Å². The van der Waals surface area contributed by atoms with Crippen molar-refractivity contribution >= 4 is 70.9 Å². The monoisotopic (exact) mass is 1420 g/mol. The zero-order valence-corrected chi connectivity index (χ0v) is 59.0. The molecule has 101 heavy (non-hydrogen) atoms. The van der Waals surface area contributed by atoms with Gasteiger partial charge in [-0.05, 0) is 198 Å². The number of primary amides is 1. The molecule has 27 N–H and O–H groups in total. The van der Waals surface area contributed by atoms with Crippen molar-refractivity contribution < 1.29 is 62.6 Å². The molecule has 0 radical (unpaired) electrons. The highest BCUT2D eigenvalue weighted by Gasteiger charge is 2.38. The molecule has 1 aromatic carbocycles. The molecular weight excluding hydrogens is 1310 g/mol. The SMILES string of the molecule is CC(C)C[C@@H]1NC(=O)[C@H](CCCCN)NC(=O)[C@H](CCCCN)NC(=O)[C@H](Cc2ccccc2)NC(=O)[C@H](CCCCN)NC(=O)[C@H](CCCCN)NC(=O)[C@H](Cc2cn(CCCC[C@H](N)C(=O)O)nn2)NC(=O)[C@H](CCCCN)NC(=O)[C@H](CCCCN)NC(=O)[C@H](CCC(N)=O)NC1=O. The first kappa shape index (κ1) is 86.9. The van der Waals surface area contributed by atoms with Crippen LogP contribution >= 0.6 is 0 Å². The van der Waals surface area contributed by atoms with E-state index in [-0.39, 0.29) is 147 Å². The summed E-state index contributed by atoms with van der Waals surface area (Å²) in [4.78, 5) is 172. The zero-order valence-electron chi connectivity index (χ0n) is 59.0. The van der Waals surface area contributed by atoms with Crippen LogP contribution in [0.15, 0.2) is 36.5 Å². The first-order valence-corrected chi connectivity index (χ1v) is 35.8. The van der Waals surface area contributed by atoms with Gasteiger partial charge in [-0.2, -0.15) is 0 Å². The van der Waals surface area contributed by atoms with Gasteiger partial charge in [0.15, 0.2) is 0 Å². The number of unbranched alkanes of at least 4 members (excludes halogenated alkanes) is 7. The summed E-state index contributed by atoms with van der Waals surface area (Å²) in [5, 5.41) is 45.4. The second-order valence-electron chi connectivity index (χ2n) is 26.3. The van der Waals surface area contributed by atoms with E-state index in [0.717, 1.165) is 0 Å². The quantitative estimate of drug-likeness (QED) is 0.0290. The van der Waals surface area contributed by atoms with Crippen LogP contribution in [0.25, 0.3) is 0 Å². The van der Waals surface area contributed by atoms with Gasteiger partial charge in [-0.1, -0.05) is 49.4 Å². The molecule has 1 saturated heterocycles. The van der Waals surface area contributed by atoms with E-state index >= 15 is 4.79 Å². The molecule has 34 heteroatoms. The Hall–Kier alpha value is -8.28. The summed E-state index contributed by atoms with van der Waals surface area (Å²) in [5.74, 6) is -10.7. The number of aromatic nitrogens is 3. The number of hydrogen-bond donors (Lipinski definition) is 19. The fourth-order valence-electron chi connectivity index (χ4n) is 11.3. The van der Waals surface area contributed by atoms with Gasteiger partial charge in [0.25, 0.3) is 0 Å². The molecule has 3 rings (SSSR count). The largest absolute Gasteiger partial charge is 0.480 e. The van der Waals surface area contributed by atoms with Gasteiger partial charge in [0.2, 0.25) is 65.0 Å². The average Bonchev–Trinajstić information content (AvgIpc) is 1.59. The van der Waals surface area contributed by atoms with Crippen LogP contribution in [-0.4, -0.2) is 197 Å². The molecule has 11 atom stereocenters. The molecule has 0 spiro atoms. The minimum absolute atomic E-state index is 0.000725. The highest BCUT2D eigenvalue weighted by Crippen LogP contribution is 2.16. The molecule has 1 aliphatic heterocycles. The number of nitrogens with two attached hydrogens (primary N) is 8. The number of aryl methyl sites for hydroxylation is 1. The molecule has 2 heterocycles. The van der Waals surface area contributed by atoms with Crippen molar-refractivity contribution in [2.45, 2.75) is 254 Å². The maximum Gasteiger partial charge on any atom is 0.320 e. The smallest absolute Gasteiger partial charge is 0.320 e. The molecule has 34 nitrogen and oxygen atoms in total. The number of carboxylic acids is 1. The van der Waals surface area contributed by atoms with Crippen LogP contribution in [0.2, 0.25) is 0 Å². The third-order valence-corrected chi connectivity index (χ3v) is 17.1. The van der Waals surface area contributed by atoms with E-state index in [4.69, 9.17) is 45.9 Å². The Bertz CT molecular complexity index is 2890. The van der Waals surface area contributed by atoms with E-state index < -0.39 is 144 Å². The lowest BCUT2D eigenvalue weighted by Gasteiger charge is -2.29. The van der Waals surface area contributed by atoms with Crippen molar-refractivity contribution in [3.63, 3.8) is 0 Å². The molecule has 1 aromatic heterocycles. The van der Waals surface area contributed by atoms with E-state index in [2.05, 4.69) is 63.5 Å². The van der Waals surface area contributed by atoms with E-state index in [9.17, 15) is 57.8 Å². The van der Waals surface area contributed by atoms with Crippen LogP contribution in [-0.2, 0) is 76.9 Å². The maximum absolute atomic E-state index is 15.1. The van der Waals surface area contributed by atoms with Gasteiger partial charge in [0, 0.05) is 32.0 Å². The summed E-state index contributed by atoms with van der Waals surface area (Å²) in [6.07, 6.45) is 5.48. The standard InChI is InChI=1S/C67H117N21O13/c1-42(2)38-53-64(97)82-52(29-30-56(75)89)63(96)79-46(23-6-13-31-68)57(90)78-51(28-11-18-36-73)62(95)85-55(40-44-41-88(87-86-44)37-19-12-22-45(74)67(100)101)66(99)81-48(25-8-15-33-70)59(92)77-50(27-10-17-35-72)61(94)84-54(39-43-20-4-3-5-21-43)65(98)80-47(24-7-14-32-69)58(91)76-49(60(93)83-53)26-9-16-34-71/h3-5,20-21,41-42,45-55H,6-19,22-40,68-74H2,1-2H3,(H2,75,89)(H,76,91)(H,77,92)(H,78,90)(H,79,96)(H,80,98)(H,81,99)(H,82,97)(H,83,93)(H,84,94)(H,85,95)(H,100,101)/t45-,46-,47-,48-,49-,50-,51-,52-,53-,54-,55-/m0/s1. The van der Waals surface area contributed by atoms with Crippen molar-refractivity contribution in [1.29, 1.82) is 0 Å². The number of nitrogens with one attached hydrogen (secondary N) is 10. The van der Waals surface area contributed by atoms with Gasteiger partial charge in [-0.3, -0.25) is 62.2 Å². The summed E-state index contributed by atoms with van der Waals surface area (Å²) >= 11 is 0. The van der Waals surface area contributed by atoms with E-state index in [1.54, 1.807) is 44.2 Å². The summed E-state index contributed by atoms with van der Waals surface area (Å²) < 4.78 is 1.46. The van der Waals surface area contributed by atoms with Crippen molar-refractivity contribution in [3.8, 4) is 0 Å². The fourth-order valence-corrected chi connectivity index (χ4v) is 11.3. The first-order valence-electron chi connectivity index (χ1n) is 35.8. The second-order valence-corrected chi connectivity index (χ2v) is 26.3. The number of carboxylic acid groups (broad SMARTS) is 1. The van der Waals surface area contributed by atoms with Crippen molar-refractivity contribution in [2.24, 2.45) is 51.8 Å². The molecule has 0 bridgehead atoms. The Morgan fingerprint density at radius 1 is 0.426 bits per heavy atom. The minimum atomic E-state index is -1.57. The van der Waals surface area contributed by atoms with Crippen LogP contribution in [0.5, 0.6) is 0 Å². The highest BCUT2D eigenvalue weighted by atomic mass is 16.4. The van der Waals surface area contributed by atoms with E-state index in [1.807, 2.05) is 0 Å². The number of amides is 11. The Labute approximate surface area is 592 Å². The topological polar surface area (TPSA) is 584 Å². The summed E-state index contributed by atoms with van der Waals surface area (Å²) in [7, 11) is 0. The van der Waals surface area contributed by atoms with Crippen molar-refractivity contribution in [3.05, 3.63) is 47.8 Å². The van der Waals surface area contributed by atoms with Gasteiger partial charge in [-0.25, -0.2) is 0 Å². The Balaban J connectivity index is 2.39. The Morgan fingerprint density at radius 2 is 0.733 bits per heavy atom. The van der Waals surface area contributed by atoms with Crippen LogP contribution in [0.3, 0.4) is 0 Å². The van der Waals surface area contributed by atoms with Gasteiger partial charge < -0.3 is 104 Å². The predicted octanol–water partition coefficient (Wildman–Crippen LogP) is -3.41. The highest BCUT2D eigenvalue weighted by molar-refractivity contribution is 6.00. The molecule has 0 unspecified atom stereocenters. The van der Waals surface area contributed by atoms with Crippen LogP contribution < -0.4 is 99.0 Å². The Kier molecular flexibility index (Phi) is 42.5. The third-order valence-electron chi connectivity index (χ3n) is 17.1. The average molecular weight is 1420 g/mol. The van der Waals surface area contributed by atoms with Crippen LogP contribution in [0.4, 0.5) is 0 Å². The van der Waals surface area contributed by atoms with Gasteiger partial charge in [0.1, 0.15) is 66.5 Å². The Morgan fingerprint density at radius 3 is 1.06 bits per heavy atom. The predicted molar refractivity (Wildman–Crippen MR) is 378 cm³/mol. The maximum atomic E-state index is 15.1. The number of benzene rings is 1. The van der Waals surface area contributed by atoms with E-state index in [0.29, 0.717) is 76.2 Å².